The molecule has 0 aliphatic carbocycles. The molecule has 0 aliphatic heterocycles. The normalized spacial score (nSPS) is 9.50. The van der Waals surface area contributed by atoms with E-state index >= 15 is 0 Å². The van der Waals surface area contributed by atoms with Crippen molar-refractivity contribution >= 4 is 5.97 Å². The van der Waals surface area contributed by atoms with Gasteiger partial charge in [0, 0.05) is 0 Å². The van der Waals surface area contributed by atoms with Crippen LogP contribution < -0.4 is 4.74 Å². The first-order chi connectivity index (χ1) is 6.61. The number of hydrogen-bond acceptors (Lipinski definition) is 2. The van der Waals surface area contributed by atoms with Gasteiger partial charge in [-0.25, -0.2) is 4.79 Å². The van der Waals surface area contributed by atoms with E-state index in [2.05, 4.69) is 6.58 Å². The first-order valence-electron chi connectivity index (χ1n) is 4.20. The van der Waals surface area contributed by atoms with Gasteiger partial charge in [0.1, 0.15) is 12.4 Å². The number of carboxylic acid groups (broad SMARTS) is 1. The average Bonchev–Trinajstić information content (AvgIpc) is 2.16. The smallest absolute Gasteiger partial charge is 0.334 e. The fraction of sp³-hybridized carbons (Fsp3) is 0.182. The van der Waals surface area contributed by atoms with Crippen molar-refractivity contribution in [2.24, 2.45) is 0 Å². The van der Waals surface area contributed by atoms with E-state index in [0.717, 1.165) is 5.56 Å². The van der Waals surface area contributed by atoms with Crippen LogP contribution in [0.1, 0.15) is 5.56 Å². The summed E-state index contributed by atoms with van der Waals surface area (Å²) >= 11 is 0. The third-order valence-electron chi connectivity index (χ3n) is 1.80. The second kappa shape index (κ2) is 4.46. The zero-order valence-corrected chi connectivity index (χ0v) is 7.99. The third kappa shape index (κ3) is 2.62. The number of aliphatic carboxylic acids is 1. The summed E-state index contributed by atoms with van der Waals surface area (Å²) in [7, 11) is 0. The van der Waals surface area contributed by atoms with Gasteiger partial charge in [-0.3, -0.25) is 0 Å². The van der Waals surface area contributed by atoms with Crippen molar-refractivity contribution < 1.29 is 14.6 Å². The molecule has 3 heteroatoms. The van der Waals surface area contributed by atoms with E-state index in [9.17, 15) is 4.79 Å². The molecule has 0 saturated carbocycles. The van der Waals surface area contributed by atoms with Crippen LogP contribution in [-0.4, -0.2) is 17.7 Å². The zero-order valence-electron chi connectivity index (χ0n) is 7.99. The highest BCUT2D eigenvalue weighted by Crippen LogP contribution is 2.16. The van der Waals surface area contributed by atoms with Gasteiger partial charge in [0.15, 0.2) is 0 Å². The van der Waals surface area contributed by atoms with Crippen molar-refractivity contribution in [3.05, 3.63) is 42.0 Å². The second-order valence-electron chi connectivity index (χ2n) is 2.96. The number of para-hydroxylation sites is 1. The largest absolute Gasteiger partial charge is 0.488 e. The van der Waals surface area contributed by atoms with E-state index in [-0.39, 0.29) is 12.2 Å². The summed E-state index contributed by atoms with van der Waals surface area (Å²) in [5.41, 5.74) is 1.03. The van der Waals surface area contributed by atoms with Crippen LogP contribution in [0.25, 0.3) is 0 Å². The lowest BCUT2D eigenvalue weighted by molar-refractivity contribution is -0.133. The molecule has 1 rings (SSSR count). The van der Waals surface area contributed by atoms with Gasteiger partial charge in [0.2, 0.25) is 0 Å². The van der Waals surface area contributed by atoms with Gasteiger partial charge < -0.3 is 9.84 Å². The second-order valence-corrected chi connectivity index (χ2v) is 2.96. The Kier molecular flexibility index (Phi) is 3.29. The Hall–Kier alpha value is -1.77. The van der Waals surface area contributed by atoms with E-state index in [0.29, 0.717) is 5.75 Å². The highest BCUT2D eigenvalue weighted by molar-refractivity contribution is 5.86. The Morgan fingerprint density at radius 1 is 1.50 bits per heavy atom. The maximum atomic E-state index is 10.4. The third-order valence-corrected chi connectivity index (χ3v) is 1.80. The number of ether oxygens (including phenoxy) is 1. The lowest BCUT2D eigenvalue weighted by Gasteiger charge is -2.07. The molecule has 0 aliphatic rings. The summed E-state index contributed by atoms with van der Waals surface area (Å²) < 4.78 is 5.28. The highest BCUT2D eigenvalue weighted by atomic mass is 16.5. The molecule has 0 fully saturated rings. The number of benzene rings is 1. The molecule has 0 atom stereocenters. The first kappa shape index (κ1) is 10.3. The van der Waals surface area contributed by atoms with Gasteiger partial charge in [0.05, 0.1) is 5.57 Å². The number of rotatable bonds is 4. The number of aryl methyl sites for hydroxylation is 1. The van der Waals surface area contributed by atoms with Gasteiger partial charge in [-0.2, -0.15) is 0 Å². The monoisotopic (exact) mass is 192 g/mol. The van der Waals surface area contributed by atoms with E-state index in [4.69, 9.17) is 9.84 Å². The predicted molar refractivity (Wildman–Crippen MR) is 53.4 cm³/mol. The van der Waals surface area contributed by atoms with E-state index in [1.165, 1.54) is 0 Å². The number of carboxylic acids is 1. The number of carbonyl (C=O) groups is 1. The molecular formula is C11H12O3. The lowest BCUT2D eigenvalue weighted by Crippen LogP contribution is -2.09. The number of hydrogen-bond donors (Lipinski definition) is 1. The Morgan fingerprint density at radius 2 is 2.14 bits per heavy atom. The van der Waals surface area contributed by atoms with Gasteiger partial charge in [-0.05, 0) is 18.6 Å². The molecule has 74 valence electrons. The minimum Gasteiger partial charge on any atom is -0.488 e. The molecule has 0 spiro atoms. The zero-order chi connectivity index (χ0) is 10.6. The van der Waals surface area contributed by atoms with Gasteiger partial charge in [-0.1, -0.05) is 24.8 Å². The maximum absolute atomic E-state index is 10.4. The Labute approximate surface area is 82.6 Å². The molecule has 14 heavy (non-hydrogen) atoms. The average molecular weight is 192 g/mol. The summed E-state index contributed by atoms with van der Waals surface area (Å²) in [6.45, 7) is 5.29. The van der Waals surface area contributed by atoms with Crippen molar-refractivity contribution in [1.29, 1.82) is 0 Å². The molecule has 0 amide bonds. The standard InChI is InChI=1S/C11H12O3/c1-8-5-3-4-6-10(8)14-7-9(2)11(12)13/h3-6H,2,7H2,1H3,(H,12,13). The SMILES string of the molecule is C=C(COc1ccccc1C)C(=O)O. The van der Waals surface area contributed by atoms with Crippen LogP contribution in [0.5, 0.6) is 5.75 Å². The van der Waals surface area contributed by atoms with Crippen molar-refractivity contribution in [2.75, 3.05) is 6.61 Å². The molecule has 0 aromatic heterocycles. The molecule has 0 radical (unpaired) electrons. The Morgan fingerprint density at radius 3 is 2.71 bits per heavy atom. The van der Waals surface area contributed by atoms with Crippen molar-refractivity contribution in [2.45, 2.75) is 6.92 Å². The minimum atomic E-state index is -1.03. The highest BCUT2D eigenvalue weighted by Gasteiger charge is 2.05. The molecule has 3 nitrogen and oxygen atoms in total. The Bertz CT molecular complexity index is 355. The first-order valence-corrected chi connectivity index (χ1v) is 4.20. The van der Waals surface area contributed by atoms with Crippen LogP contribution in [0.2, 0.25) is 0 Å². The van der Waals surface area contributed by atoms with Gasteiger partial charge in [0.25, 0.3) is 0 Å². The van der Waals surface area contributed by atoms with Gasteiger partial charge >= 0.3 is 5.97 Å². The van der Waals surface area contributed by atoms with Crippen molar-refractivity contribution in [3.63, 3.8) is 0 Å². The fourth-order valence-electron chi connectivity index (χ4n) is 0.945. The molecule has 1 aromatic carbocycles. The molecule has 0 heterocycles. The molecule has 0 unspecified atom stereocenters. The lowest BCUT2D eigenvalue weighted by atomic mass is 10.2. The summed E-state index contributed by atoms with van der Waals surface area (Å²) in [6, 6.07) is 7.43. The van der Waals surface area contributed by atoms with Crippen LogP contribution in [0.3, 0.4) is 0 Å². The van der Waals surface area contributed by atoms with Crippen LogP contribution in [-0.2, 0) is 4.79 Å². The Balaban J connectivity index is 2.58. The van der Waals surface area contributed by atoms with Crippen molar-refractivity contribution in [3.8, 4) is 5.75 Å². The molecule has 1 N–H and O–H groups in total. The summed E-state index contributed by atoms with van der Waals surface area (Å²) in [4.78, 5) is 10.4. The maximum Gasteiger partial charge on any atom is 0.334 e. The van der Waals surface area contributed by atoms with E-state index in [1.807, 2.05) is 25.1 Å². The topological polar surface area (TPSA) is 46.5 Å². The van der Waals surface area contributed by atoms with Crippen molar-refractivity contribution in [1.82, 2.24) is 0 Å². The summed E-state index contributed by atoms with van der Waals surface area (Å²) in [6.07, 6.45) is 0. The molecule has 0 saturated heterocycles. The van der Waals surface area contributed by atoms with E-state index in [1.54, 1.807) is 6.07 Å². The quantitative estimate of drug-likeness (QED) is 0.742. The summed E-state index contributed by atoms with van der Waals surface area (Å²) in [5, 5.41) is 8.55. The van der Waals surface area contributed by atoms with Crippen LogP contribution in [0.4, 0.5) is 0 Å². The molecular weight excluding hydrogens is 180 g/mol. The van der Waals surface area contributed by atoms with Crippen LogP contribution in [0, 0.1) is 6.92 Å². The fourth-order valence-corrected chi connectivity index (χ4v) is 0.945. The predicted octanol–water partition coefficient (Wildman–Crippen LogP) is 2.01. The van der Waals surface area contributed by atoms with Gasteiger partial charge in [-0.15, -0.1) is 0 Å². The molecule has 1 aromatic rings. The van der Waals surface area contributed by atoms with Crippen LogP contribution in [0.15, 0.2) is 36.4 Å². The summed E-state index contributed by atoms with van der Waals surface area (Å²) in [5.74, 6) is -0.339. The minimum absolute atomic E-state index is 0.0141. The molecule has 0 bridgehead atoms. The van der Waals surface area contributed by atoms with Crippen LogP contribution >= 0.6 is 0 Å². The van der Waals surface area contributed by atoms with E-state index < -0.39 is 5.97 Å².